The van der Waals surface area contributed by atoms with Crippen LogP contribution in [0, 0.1) is 6.92 Å². The van der Waals surface area contributed by atoms with Crippen LogP contribution >= 0.6 is 11.6 Å². The molecule has 0 radical (unpaired) electrons. The van der Waals surface area contributed by atoms with Crippen LogP contribution in [0.4, 0.5) is 22.9 Å². The lowest BCUT2D eigenvalue weighted by Crippen LogP contribution is -2.46. The fourth-order valence-corrected chi connectivity index (χ4v) is 5.29. The number of aryl methyl sites for hydroxylation is 1. The summed E-state index contributed by atoms with van der Waals surface area (Å²) in [5.41, 5.74) is 6.82. The molecule has 38 heavy (non-hydrogen) atoms. The summed E-state index contributed by atoms with van der Waals surface area (Å²) in [6, 6.07) is 36.2. The Bertz CT molecular complexity index is 1710. The minimum absolute atomic E-state index is 0.184. The maximum absolute atomic E-state index is 6.32. The van der Waals surface area contributed by atoms with Gasteiger partial charge in [-0.25, -0.2) is 14.7 Å². The molecule has 0 saturated heterocycles. The molecule has 2 aliphatic heterocycles. The van der Waals surface area contributed by atoms with E-state index in [1.165, 1.54) is 0 Å². The molecule has 0 saturated carbocycles. The van der Waals surface area contributed by atoms with Gasteiger partial charge >= 0.3 is 0 Å². The zero-order valence-electron chi connectivity index (χ0n) is 20.6. The predicted octanol–water partition coefficient (Wildman–Crippen LogP) is 7.63. The van der Waals surface area contributed by atoms with Gasteiger partial charge in [-0.05, 0) is 61.0 Å². The maximum atomic E-state index is 6.32. The van der Waals surface area contributed by atoms with Gasteiger partial charge in [0.15, 0.2) is 17.5 Å². The van der Waals surface area contributed by atoms with E-state index in [2.05, 4.69) is 35.3 Å². The monoisotopic (exact) mass is 514 g/mol. The number of halogens is 1. The van der Waals surface area contributed by atoms with Gasteiger partial charge in [-0.15, -0.1) is 0 Å². The van der Waals surface area contributed by atoms with Crippen LogP contribution in [0.1, 0.15) is 22.9 Å². The second-order valence-corrected chi connectivity index (χ2v) is 9.71. The number of nitrogens with zero attached hydrogens (tertiary/aromatic N) is 5. The summed E-state index contributed by atoms with van der Waals surface area (Å²) in [6.07, 6.45) is 0. The lowest BCUT2D eigenvalue weighted by Gasteiger charge is -2.40. The van der Waals surface area contributed by atoms with Crippen molar-refractivity contribution < 1.29 is 0 Å². The average Bonchev–Trinajstić information content (AvgIpc) is 3.29. The predicted molar refractivity (Wildman–Crippen MR) is 155 cm³/mol. The third-order valence-corrected chi connectivity index (χ3v) is 7.11. The van der Waals surface area contributed by atoms with Crippen LogP contribution in [0.5, 0.6) is 0 Å². The van der Waals surface area contributed by atoms with Gasteiger partial charge in [0.1, 0.15) is 0 Å². The Balaban J connectivity index is 1.51. The average molecular weight is 515 g/mol. The Kier molecular flexibility index (Phi) is 5.34. The van der Waals surface area contributed by atoms with Crippen LogP contribution in [0.25, 0.3) is 5.69 Å². The van der Waals surface area contributed by atoms with Gasteiger partial charge in [-0.1, -0.05) is 72.3 Å². The van der Waals surface area contributed by atoms with Gasteiger partial charge in [0.05, 0.1) is 28.8 Å². The molecule has 0 amide bonds. The number of nitrogens with one attached hydrogen (secondary N) is 1. The second kappa shape index (κ2) is 9.01. The number of hydrogen-bond acceptors (Lipinski definition) is 5. The van der Waals surface area contributed by atoms with Crippen LogP contribution in [0.15, 0.2) is 119 Å². The third kappa shape index (κ3) is 3.69. The number of amidine groups is 2. The minimum atomic E-state index is -0.184. The van der Waals surface area contributed by atoms with Gasteiger partial charge in [0.25, 0.3) is 0 Å². The molecule has 1 atom stereocenters. The van der Waals surface area contributed by atoms with E-state index in [9.17, 15) is 0 Å². The molecule has 184 valence electrons. The summed E-state index contributed by atoms with van der Waals surface area (Å²) in [4.78, 5) is 12.6. The van der Waals surface area contributed by atoms with Crippen LogP contribution in [-0.4, -0.2) is 21.5 Å². The molecule has 7 rings (SSSR count). The number of aromatic nitrogens is 2. The number of benzene rings is 4. The molecule has 0 fully saturated rings. The number of anilines is 2. The normalized spacial score (nSPS) is 15.6. The molecule has 2 aliphatic rings. The van der Waals surface area contributed by atoms with Crippen molar-refractivity contribution in [1.82, 2.24) is 9.78 Å². The summed E-state index contributed by atoms with van der Waals surface area (Å²) in [5.74, 6) is 2.21. The van der Waals surface area contributed by atoms with Crippen molar-refractivity contribution in [2.24, 2.45) is 9.98 Å². The highest BCUT2D eigenvalue weighted by Gasteiger charge is 2.41. The molecule has 7 heteroatoms. The van der Waals surface area contributed by atoms with Crippen molar-refractivity contribution >= 4 is 46.2 Å². The van der Waals surface area contributed by atoms with E-state index in [4.69, 9.17) is 26.7 Å². The highest BCUT2D eigenvalue weighted by molar-refractivity contribution is 6.51. The SMILES string of the molecule is Cc1nn(-c2ccccc2)c2c1[C@@H](c1ccc(Cl)cc1)N1C(=N2)C(Nc2ccccc2)=Nc2ccccc21. The van der Waals surface area contributed by atoms with E-state index in [1.54, 1.807) is 0 Å². The zero-order valence-corrected chi connectivity index (χ0v) is 21.3. The Morgan fingerprint density at radius 3 is 2.21 bits per heavy atom. The lowest BCUT2D eigenvalue weighted by molar-refractivity contribution is 0.815. The topological polar surface area (TPSA) is 57.8 Å². The van der Waals surface area contributed by atoms with E-state index in [0.29, 0.717) is 10.9 Å². The molecule has 0 spiro atoms. The minimum Gasteiger partial charge on any atom is -0.337 e. The highest BCUT2D eigenvalue weighted by Crippen LogP contribution is 2.48. The lowest BCUT2D eigenvalue weighted by atomic mass is 9.93. The molecule has 0 aliphatic carbocycles. The number of rotatable bonds is 3. The number of aliphatic imine (C=N–C) groups is 2. The molecule has 1 aromatic heterocycles. The summed E-state index contributed by atoms with van der Waals surface area (Å²) >= 11 is 6.32. The first kappa shape index (κ1) is 22.5. The van der Waals surface area contributed by atoms with Crippen molar-refractivity contribution in [2.45, 2.75) is 13.0 Å². The smallest absolute Gasteiger partial charge is 0.179 e. The van der Waals surface area contributed by atoms with E-state index < -0.39 is 0 Å². The van der Waals surface area contributed by atoms with Crippen molar-refractivity contribution in [3.05, 3.63) is 131 Å². The van der Waals surface area contributed by atoms with Crippen LogP contribution in [-0.2, 0) is 0 Å². The van der Waals surface area contributed by atoms with Crippen LogP contribution in [0.2, 0.25) is 5.02 Å². The third-order valence-electron chi connectivity index (χ3n) is 6.86. The Morgan fingerprint density at radius 2 is 1.45 bits per heavy atom. The molecule has 4 aromatic carbocycles. The fraction of sp³-hybridized carbons (Fsp3) is 0.0645. The summed E-state index contributed by atoms with van der Waals surface area (Å²) in [6.45, 7) is 2.05. The second-order valence-electron chi connectivity index (χ2n) is 9.27. The molecule has 0 bridgehead atoms. The van der Waals surface area contributed by atoms with Crippen molar-refractivity contribution in [2.75, 3.05) is 10.2 Å². The highest BCUT2D eigenvalue weighted by atomic mass is 35.5. The molecule has 5 aromatic rings. The Morgan fingerprint density at radius 1 is 0.763 bits per heavy atom. The summed E-state index contributed by atoms with van der Waals surface area (Å²) in [5, 5.41) is 9.20. The first-order valence-corrected chi connectivity index (χ1v) is 12.8. The molecule has 3 heterocycles. The van der Waals surface area contributed by atoms with E-state index in [0.717, 1.165) is 51.2 Å². The van der Waals surface area contributed by atoms with Crippen molar-refractivity contribution in [3.8, 4) is 5.69 Å². The van der Waals surface area contributed by atoms with Gasteiger partial charge in [-0.2, -0.15) is 5.10 Å². The number of hydrogen-bond donors (Lipinski definition) is 1. The molecule has 6 nitrogen and oxygen atoms in total. The fourth-order valence-electron chi connectivity index (χ4n) is 5.17. The quantitative estimate of drug-likeness (QED) is 0.269. The van der Waals surface area contributed by atoms with E-state index in [-0.39, 0.29) is 6.04 Å². The summed E-state index contributed by atoms with van der Waals surface area (Å²) in [7, 11) is 0. The number of para-hydroxylation sites is 4. The van der Waals surface area contributed by atoms with Crippen molar-refractivity contribution in [1.29, 1.82) is 0 Å². The van der Waals surface area contributed by atoms with Gasteiger partial charge < -0.3 is 10.2 Å². The standard InChI is InChI=1S/C31H23ClN6/c1-20-27-28(21-16-18-22(32)19-17-21)37-26-15-9-8-14-25(26)34-29(33-23-10-4-2-5-11-23)31(37)35-30(27)38(36-20)24-12-6-3-7-13-24/h2-19,28H,1H3,(H,33,34)/t28-/m1/s1. The maximum Gasteiger partial charge on any atom is 0.179 e. The van der Waals surface area contributed by atoms with Gasteiger partial charge in [0, 0.05) is 16.3 Å². The van der Waals surface area contributed by atoms with E-state index in [1.807, 2.05) is 95.7 Å². The largest absolute Gasteiger partial charge is 0.337 e. The van der Waals surface area contributed by atoms with Crippen molar-refractivity contribution in [3.63, 3.8) is 0 Å². The molecule has 0 unspecified atom stereocenters. The van der Waals surface area contributed by atoms with Gasteiger partial charge in [0.2, 0.25) is 0 Å². The molecule has 1 N–H and O–H groups in total. The first-order valence-electron chi connectivity index (χ1n) is 12.5. The van der Waals surface area contributed by atoms with Gasteiger partial charge in [-0.3, -0.25) is 0 Å². The van der Waals surface area contributed by atoms with Crippen LogP contribution in [0.3, 0.4) is 0 Å². The zero-order chi connectivity index (χ0) is 25.6. The van der Waals surface area contributed by atoms with E-state index >= 15 is 0 Å². The first-order chi connectivity index (χ1) is 18.7. The Labute approximate surface area is 225 Å². The molecular weight excluding hydrogens is 492 g/mol. The Hall–Kier alpha value is -4.68. The van der Waals surface area contributed by atoms with Crippen LogP contribution < -0.4 is 10.2 Å². The summed E-state index contributed by atoms with van der Waals surface area (Å²) < 4.78 is 1.93. The molecular formula is C31H23ClN6. The number of fused-ring (bicyclic) bond motifs is 4.